The zero-order valence-electron chi connectivity index (χ0n) is 19.0. The van der Waals surface area contributed by atoms with Gasteiger partial charge in [0, 0.05) is 6.07 Å². The highest BCUT2D eigenvalue weighted by molar-refractivity contribution is 5.93. The summed E-state index contributed by atoms with van der Waals surface area (Å²) in [6, 6.07) is 6.91. The highest BCUT2D eigenvalue weighted by Gasteiger charge is 2.65. The number of hydrogen-bond acceptors (Lipinski definition) is 3. The van der Waals surface area contributed by atoms with Crippen LogP contribution in [0.5, 0.6) is 11.5 Å². The molecule has 1 aliphatic rings. The van der Waals surface area contributed by atoms with Gasteiger partial charge in [-0.05, 0) is 54.3 Å². The molecule has 0 saturated carbocycles. The maximum Gasteiger partial charge on any atom is 0.346 e. The van der Waals surface area contributed by atoms with Gasteiger partial charge in [-0.15, -0.1) is 0 Å². The predicted molar refractivity (Wildman–Crippen MR) is 116 cm³/mol. The van der Waals surface area contributed by atoms with E-state index in [0.717, 1.165) is 30.3 Å². The Labute approximate surface area is 201 Å². The Kier molecular flexibility index (Phi) is 6.49. The molecule has 36 heavy (non-hydrogen) atoms. The summed E-state index contributed by atoms with van der Waals surface area (Å²) in [6.45, 7) is 3.17. The van der Waals surface area contributed by atoms with Gasteiger partial charge in [-0.1, -0.05) is 25.5 Å². The average Bonchev–Trinajstić information content (AvgIpc) is 2.80. The van der Waals surface area contributed by atoms with E-state index in [4.69, 9.17) is 9.47 Å². The van der Waals surface area contributed by atoms with Crippen LogP contribution < -0.4 is 9.47 Å². The van der Waals surface area contributed by atoms with Crippen LogP contribution in [0.1, 0.15) is 47.3 Å². The summed E-state index contributed by atoms with van der Waals surface area (Å²) in [5.74, 6) is -17.2. The van der Waals surface area contributed by atoms with Gasteiger partial charge in [0.25, 0.3) is 0 Å². The van der Waals surface area contributed by atoms with Crippen LogP contribution >= 0.6 is 0 Å². The number of carbonyl (C=O) groups is 1. The third-order valence-corrected chi connectivity index (χ3v) is 5.84. The Morgan fingerprint density at radius 2 is 1.44 bits per heavy atom. The lowest BCUT2D eigenvalue weighted by molar-refractivity contribution is -0.227. The standard InChI is InChI=1S/C26H19F7O3/c1-3-5-13-6-7-14(12-18(13)27)36-24(34)17-9-8-15-16-10-11-19(35-4-2)23(29)21(16)26(32,33)25(30,31)20(15)22(17)28/h6-12H,3-5H2,1-2H3. The van der Waals surface area contributed by atoms with Gasteiger partial charge in [0.05, 0.1) is 23.3 Å². The fraction of sp³-hybridized carbons (Fsp3) is 0.269. The molecule has 0 atom stereocenters. The van der Waals surface area contributed by atoms with Gasteiger partial charge in [-0.2, -0.15) is 17.6 Å². The molecule has 0 N–H and O–H groups in total. The molecule has 0 fully saturated rings. The van der Waals surface area contributed by atoms with Crippen LogP contribution in [-0.2, 0) is 18.3 Å². The van der Waals surface area contributed by atoms with Gasteiger partial charge in [0.2, 0.25) is 0 Å². The van der Waals surface area contributed by atoms with E-state index < -0.39 is 68.8 Å². The maximum absolute atomic E-state index is 15.3. The Morgan fingerprint density at radius 1 is 0.833 bits per heavy atom. The predicted octanol–water partition coefficient (Wildman–Crippen LogP) is 7.54. The maximum atomic E-state index is 15.3. The van der Waals surface area contributed by atoms with Gasteiger partial charge < -0.3 is 9.47 Å². The number of aryl methyl sites for hydroxylation is 1. The third kappa shape index (κ3) is 3.88. The summed E-state index contributed by atoms with van der Waals surface area (Å²) >= 11 is 0. The normalized spacial score (nSPS) is 15.1. The molecule has 3 nitrogen and oxygen atoms in total. The monoisotopic (exact) mass is 512 g/mol. The van der Waals surface area contributed by atoms with Crippen molar-refractivity contribution in [3.8, 4) is 22.6 Å². The van der Waals surface area contributed by atoms with Crippen LogP contribution in [0.2, 0.25) is 0 Å². The molecule has 1 aliphatic carbocycles. The molecule has 0 radical (unpaired) electrons. The lowest BCUT2D eigenvalue weighted by atomic mass is 9.79. The first-order valence-corrected chi connectivity index (χ1v) is 11.0. The molecule has 0 heterocycles. The third-order valence-electron chi connectivity index (χ3n) is 5.84. The second-order valence-corrected chi connectivity index (χ2v) is 8.12. The molecule has 0 amide bonds. The van der Waals surface area contributed by atoms with Gasteiger partial charge in [0.1, 0.15) is 17.4 Å². The van der Waals surface area contributed by atoms with Crippen molar-refractivity contribution in [2.24, 2.45) is 0 Å². The SMILES string of the molecule is CCCc1ccc(OC(=O)c2ccc3c(c2F)C(F)(F)C(F)(F)c2c-3ccc(OCC)c2F)cc1F. The minimum atomic E-state index is -5.23. The van der Waals surface area contributed by atoms with Crippen molar-refractivity contribution in [3.63, 3.8) is 0 Å². The Morgan fingerprint density at radius 3 is 2.03 bits per heavy atom. The Hall–Kier alpha value is -3.56. The molecule has 0 aliphatic heterocycles. The minimum Gasteiger partial charge on any atom is -0.491 e. The summed E-state index contributed by atoms with van der Waals surface area (Å²) < 4.78 is 114. The van der Waals surface area contributed by atoms with E-state index in [9.17, 15) is 22.4 Å². The molecule has 0 unspecified atom stereocenters. The first-order chi connectivity index (χ1) is 16.9. The highest BCUT2D eigenvalue weighted by Crippen LogP contribution is 2.60. The number of ether oxygens (including phenoxy) is 2. The van der Waals surface area contributed by atoms with Crippen molar-refractivity contribution in [2.45, 2.75) is 38.5 Å². The molecular formula is C26H19F7O3. The fourth-order valence-corrected chi connectivity index (χ4v) is 4.16. The number of alkyl halides is 4. The van der Waals surface area contributed by atoms with Crippen LogP contribution in [0.25, 0.3) is 11.1 Å². The minimum absolute atomic E-state index is 0.112. The smallest absolute Gasteiger partial charge is 0.346 e. The first-order valence-electron chi connectivity index (χ1n) is 11.0. The van der Waals surface area contributed by atoms with E-state index in [1.807, 2.05) is 6.92 Å². The van der Waals surface area contributed by atoms with Crippen molar-refractivity contribution < 1.29 is 45.0 Å². The summed E-state index contributed by atoms with van der Waals surface area (Å²) in [6.07, 6.45) is 1.06. The van der Waals surface area contributed by atoms with Crippen molar-refractivity contribution >= 4 is 5.97 Å². The second kappa shape index (κ2) is 9.15. The number of esters is 1. The van der Waals surface area contributed by atoms with Gasteiger partial charge in [-0.25, -0.2) is 18.0 Å². The zero-order chi connectivity index (χ0) is 26.4. The highest BCUT2D eigenvalue weighted by atomic mass is 19.3. The molecule has 10 heteroatoms. The van der Waals surface area contributed by atoms with Crippen molar-refractivity contribution in [2.75, 3.05) is 6.61 Å². The van der Waals surface area contributed by atoms with Crippen LogP contribution in [0.15, 0.2) is 42.5 Å². The fourth-order valence-electron chi connectivity index (χ4n) is 4.16. The van der Waals surface area contributed by atoms with Crippen LogP contribution in [0.4, 0.5) is 30.7 Å². The molecule has 0 spiro atoms. The van der Waals surface area contributed by atoms with Crippen molar-refractivity contribution in [3.05, 3.63) is 82.2 Å². The first kappa shape index (κ1) is 25.5. The van der Waals surface area contributed by atoms with E-state index >= 15 is 13.2 Å². The van der Waals surface area contributed by atoms with Crippen molar-refractivity contribution in [1.82, 2.24) is 0 Å². The lowest BCUT2D eigenvalue weighted by Gasteiger charge is -2.35. The van der Waals surface area contributed by atoms with Crippen LogP contribution in [0, 0.1) is 17.5 Å². The van der Waals surface area contributed by atoms with Gasteiger partial charge in [-0.3, -0.25) is 0 Å². The molecule has 0 bridgehead atoms. The number of benzene rings is 3. The topological polar surface area (TPSA) is 35.5 Å². The Balaban J connectivity index is 1.80. The van der Waals surface area contributed by atoms with E-state index in [-0.39, 0.29) is 12.4 Å². The number of fused-ring (bicyclic) bond motifs is 3. The van der Waals surface area contributed by atoms with E-state index in [2.05, 4.69) is 0 Å². The summed E-state index contributed by atoms with van der Waals surface area (Å²) in [5.41, 5.74) is -5.53. The number of hydrogen-bond donors (Lipinski definition) is 0. The molecule has 3 aromatic carbocycles. The summed E-state index contributed by atoms with van der Waals surface area (Å²) in [5, 5.41) is 0. The van der Waals surface area contributed by atoms with Gasteiger partial charge >= 0.3 is 17.8 Å². The zero-order valence-corrected chi connectivity index (χ0v) is 19.0. The van der Waals surface area contributed by atoms with Crippen LogP contribution in [-0.4, -0.2) is 12.6 Å². The molecule has 0 saturated heterocycles. The number of rotatable bonds is 6. The van der Waals surface area contributed by atoms with Gasteiger partial charge in [0.15, 0.2) is 11.6 Å². The Bertz CT molecular complexity index is 1350. The summed E-state index contributed by atoms with van der Waals surface area (Å²) in [4.78, 5) is 12.5. The lowest BCUT2D eigenvalue weighted by Crippen LogP contribution is -2.41. The largest absolute Gasteiger partial charge is 0.491 e. The number of carbonyl (C=O) groups excluding carboxylic acids is 1. The second-order valence-electron chi connectivity index (χ2n) is 8.12. The van der Waals surface area contributed by atoms with Crippen molar-refractivity contribution in [1.29, 1.82) is 0 Å². The quantitative estimate of drug-likeness (QED) is 0.195. The molecule has 4 rings (SSSR count). The molecule has 190 valence electrons. The average molecular weight is 512 g/mol. The summed E-state index contributed by atoms with van der Waals surface area (Å²) in [7, 11) is 0. The molecule has 3 aromatic rings. The van der Waals surface area contributed by atoms with E-state index in [1.54, 1.807) is 0 Å². The number of halogens is 7. The van der Waals surface area contributed by atoms with E-state index in [0.29, 0.717) is 18.4 Å². The molecular weight excluding hydrogens is 493 g/mol. The van der Waals surface area contributed by atoms with Crippen LogP contribution in [0.3, 0.4) is 0 Å². The van der Waals surface area contributed by atoms with E-state index in [1.165, 1.54) is 19.1 Å². The molecule has 0 aromatic heterocycles.